The van der Waals surface area contributed by atoms with Crippen LogP contribution >= 0.6 is 0 Å². The number of likely N-dealkylation sites (tertiary alicyclic amines) is 1. The highest BCUT2D eigenvalue weighted by Crippen LogP contribution is 2.39. The van der Waals surface area contributed by atoms with Crippen molar-refractivity contribution >= 4 is 0 Å². The quantitative estimate of drug-likeness (QED) is 0.558. The number of nitrogens with zero attached hydrogens (tertiary/aromatic N) is 1. The molecule has 0 aliphatic carbocycles. The Morgan fingerprint density at radius 2 is 1.31 bits per heavy atom. The van der Waals surface area contributed by atoms with Gasteiger partial charge >= 0.3 is 0 Å². The van der Waals surface area contributed by atoms with Gasteiger partial charge in [-0.05, 0) is 53.5 Å². The summed E-state index contributed by atoms with van der Waals surface area (Å²) in [5.74, 6) is 0.867. The van der Waals surface area contributed by atoms with E-state index in [0.29, 0.717) is 11.1 Å². The number of hydrogen-bond donors (Lipinski definition) is 0. The molecule has 0 aromatic heterocycles. The molecule has 1 rings (SSSR count). The molecule has 13 heavy (non-hydrogen) atoms. The summed E-state index contributed by atoms with van der Waals surface area (Å²) in [6, 6.07) is 0. The molecule has 1 heteroatoms. The van der Waals surface area contributed by atoms with Crippen LogP contribution in [0.15, 0.2) is 0 Å². The third-order valence-electron chi connectivity index (χ3n) is 3.51. The van der Waals surface area contributed by atoms with E-state index < -0.39 is 0 Å². The second-order valence-electron chi connectivity index (χ2n) is 5.70. The lowest BCUT2D eigenvalue weighted by atomic mass is 9.75. The van der Waals surface area contributed by atoms with Gasteiger partial charge in [0.15, 0.2) is 0 Å². The zero-order chi connectivity index (χ0) is 9.57. The van der Waals surface area contributed by atoms with Crippen molar-refractivity contribution in [3.05, 3.63) is 0 Å². The Morgan fingerprint density at radius 3 is 1.62 bits per heavy atom. The molecule has 0 unspecified atom stereocenters. The second-order valence-corrected chi connectivity index (χ2v) is 5.70. The van der Waals surface area contributed by atoms with Crippen molar-refractivity contribution in [2.45, 2.75) is 66.0 Å². The molecule has 0 amide bonds. The van der Waals surface area contributed by atoms with Crippen molar-refractivity contribution in [2.75, 3.05) is 7.05 Å². The van der Waals surface area contributed by atoms with Crippen LogP contribution in [0.1, 0.15) is 54.9 Å². The average molecular weight is 185 g/mol. The van der Waals surface area contributed by atoms with Crippen LogP contribution in [0.5, 0.6) is 0 Å². The van der Waals surface area contributed by atoms with Crippen LogP contribution in [-0.2, 0) is 0 Å². The second kappa shape index (κ2) is 3.61. The third kappa shape index (κ3) is 2.46. The van der Waals surface area contributed by atoms with Gasteiger partial charge in [-0.2, -0.15) is 0 Å². The summed E-state index contributed by atoms with van der Waals surface area (Å²) in [6.07, 6.45) is 2.65. The van der Waals surface area contributed by atoms with Gasteiger partial charge in [0.25, 0.3) is 0 Å². The number of rotatable bonds is 0. The lowest BCUT2D eigenvalue weighted by Gasteiger charge is -2.53. The van der Waals surface area contributed by atoms with Gasteiger partial charge in [0.05, 0.1) is 0 Å². The summed E-state index contributed by atoms with van der Waals surface area (Å²) in [4.78, 5) is 2.53. The van der Waals surface area contributed by atoms with Crippen LogP contribution in [0.25, 0.3) is 0 Å². The van der Waals surface area contributed by atoms with Gasteiger partial charge in [0.1, 0.15) is 0 Å². The van der Waals surface area contributed by atoms with E-state index in [9.17, 15) is 0 Å². The van der Waals surface area contributed by atoms with Gasteiger partial charge in [0, 0.05) is 11.1 Å². The van der Waals surface area contributed by atoms with E-state index >= 15 is 0 Å². The SMILES string of the molecule is C.CC1CC(C)(C)N(C)C(C)(C)C1. The topological polar surface area (TPSA) is 3.24 Å². The Morgan fingerprint density at radius 1 is 1.00 bits per heavy atom. The molecule has 0 N–H and O–H groups in total. The summed E-state index contributed by atoms with van der Waals surface area (Å²) >= 11 is 0. The van der Waals surface area contributed by atoms with E-state index in [1.54, 1.807) is 0 Å². The lowest BCUT2D eigenvalue weighted by molar-refractivity contribution is -0.0255. The third-order valence-corrected chi connectivity index (χ3v) is 3.51. The molecule has 1 aliphatic rings. The van der Waals surface area contributed by atoms with E-state index in [1.807, 2.05) is 0 Å². The van der Waals surface area contributed by atoms with E-state index in [1.165, 1.54) is 12.8 Å². The van der Waals surface area contributed by atoms with Crippen molar-refractivity contribution in [1.29, 1.82) is 0 Å². The summed E-state index contributed by atoms with van der Waals surface area (Å²) in [7, 11) is 2.26. The minimum Gasteiger partial charge on any atom is -0.296 e. The number of hydrogen-bond acceptors (Lipinski definition) is 1. The molecule has 0 bridgehead atoms. The Bertz CT molecular complexity index is 152. The standard InChI is InChI=1S/C11H23N.CH4/c1-9-7-10(2,3)12(6)11(4,5)8-9;/h9H,7-8H2,1-6H3;1H4. The zero-order valence-electron chi connectivity index (χ0n) is 9.44. The van der Waals surface area contributed by atoms with Crippen LogP contribution < -0.4 is 0 Å². The molecule has 1 saturated heterocycles. The van der Waals surface area contributed by atoms with Gasteiger partial charge < -0.3 is 0 Å². The fourth-order valence-electron chi connectivity index (χ4n) is 2.87. The predicted molar refractivity (Wildman–Crippen MR) is 61.1 cm³/mol. The molecule has 1 fully saturated rings. The fraction of sp³-hybridized carbons (Fsp3) is 1.00. The van der Waals surface area contributed by atoms with E-state index in [0.717, 1.165) is 5.92 Å². The zero-order valence-corrected chi connectivity index (χ0v) is 9.44. The van der Waals surface area contributed by atoms with E-state index in [2.05, 4.69) is 46.6 Å². The van der Waals surface area contributed by atoms with Crippen molar-refractivity contribution in [1.82, 2.24) is 4.90 Å². The van der Waals surface area contributed by atoms with Gasteiger partial charge in [-0.3, -0.25) is 4.90 Å². The predicted octanol–water partition coefficient (Wildman–Crippen LogP) is 3.54. The van der Waals surface area contributed by atoms with Gasteiger partial charge in [-0.15, -0.1) is 0 Å². The highest BCUT2D eigenvalue weighted by Gasteiger charge is 2.41. The van der Waals surface area contributed by atoms with Crippen molar-refractivity contribution in [2.24, 2.45) is 5.92 Å². The smallest absolute Gasteiger partial charge is 0.0158 e. The molecule has 0 aromatic rings. The minimum atomic E-state index is 0. The van der Waals surface area contributed by atoms with E-state index in [4.69, 9.17) is 0 Å². The molecule has 1 heterocycles. The van der Waals surface area contributed by atoms with Crippen molar-refractivity contribution < 1.29 is 0 Å². The first-order valence-electron chi connectivity index (χ1n) is 5.00. The maximum absolute atomic E-state index is 2.53. The number of piperidine rings is 1. The Kier molecular flexibility index (Phi) is 3.59. The molecule has 0 radical (unpaired) electrons. The average Bonchev–Trinajstić information content (AvgIpc) is 1.80. The van der Waals surface area contributed by atoms with Crippen LogP contribution in [0, 0.1) is 5.92 Å². The molecule has 0 atom stereocenters. The molecule has 80 valence electrons. The maximum Gasteiger partial charge on any atom is 0.0158 e. The highest BCUT2D eigenvalue weighted by molar-refractivity contribution is 4.96. The molecule has 0 saturated carbocycles. The summed E-state index contributed by atoms with van der Waals surface area (Å²) < 4.78 is 0. The normalized spacial score (nSPS) is 28.2. The first-order valence-corrected chi connectivity index (χ1v) is 5.00. The first kappa shape index (κ1) is 13.0. The molecular formula is C12H27N. The fourth-order valence-corrected chi connectivity index (χ4v) is 2.87. The maximum atomic E-state index is 2.53. The van der Waals surface area contributed by atoms with Gasteiger partial charge in [0.2, 0.25) is 0 Å². The van der Waals surface area contributed by atoms with E-state index in [-0.39, 0.29) is 7.43 Å². The highest BCUT2D eigenvalue weighted by atomic mass is 15.2. The molecule has 1 nitrogen and oxygen atoms in total. The summed E-state index contributed by atoms with van der Waals surface area (Å²) in [6.45, 7) is 11.8. The Hall–Kier alpha value is -0.0400. The molecule has 0 spiro atoms. The largest absolute Gasteiger partial charge is 0.296 e. The van der Waals surface area contributed by atoms with Crippen molar-refractivity contribution in [3.8, 4) is 0 Å². The van der Waals surface area contributed by atoms with Gasteiger partial charge in [-0.25, -0.2) is 0 Å². The summed E-state index contributed by atoms with van der Waals surface area (Å²) in [5.41, 5.74) is 0.752. The molecular weight excluding hydrogens is 158 g/mol. The van der Waals surface area contributed by atoms with Crippen LogP contribution in [0.2, 0.25) is 0 Å². The van der Waals surface area contributed by atoms with Crippen LogP contribution in [-0.4, -0.2) is 23.0 Å². The Balaban J connectivity index is 0.00000144. The Labute approximate surface area is 84.5 Å². The first-order chi connectivity index (χ1) is 5.26. The summed E-state index contributed by atoms with van der Waals surface area (Å²) in [5, 5.41) is 0. The minimum absolute atomic E-state index is 0. The van der Waals surface area contributed by atoms with Gasteiger partial charge in [-0.1, -0.05) is 14.4 Å². The van der Waals surface area contributed by atoms with Crippen LogP contribution in [0.4, 0.5) is 0 Å². The van der Waals surface area contributed by atoms with Crippen molar-refractivity contribution in [3.63, 3.8) is 0 Å². The lowest BCUT2D eigenvalue weighted by Crippen LogP contribution is -2.58. The monoisotopic (exact) mass is 185 g/mol. The van der Waals surface area contributed by atoms with Crippen LogP contribution in [0.3, 0.4) is 0 Å². The molecule has 1 aliphatic heterocycles. The molecule has 0 aromatic carbocycles.